The molecule has 0 aliphatic rings. The summed E-state index contributed by atoms with van der Waals surface area (Å²) in [6.45, 7) is 0.219. The topological polar surface area (TPSA) is 90.9 Å². The van der Waals surface area contributed by atoms with E-state index in [1.165, 1.54) is 41.4 Å². The number of carbonyl (C=O) groups excluding carboxylic acids is 1. The van der Waals surface area contributed by atoms with Gasteiger partial charge in [0.15, 0.2) is 16.3 Å². The van der Waals surface area contributed by atoms with E-state index in [1.54, 1.807) is 30.3 Å². The molecule has 1 N–H and O–H groups in total. The fourth-order valence-corrected chi connectivity index (χ4v) is 4.29. The van der Waals surface area contributed by atoms with Crippen LogP contribution in [0.4, 0.5) is 8.78 Å². The number of thioether (sulfide) groups is 1. The van der Waals surface area contributed by atoms with Crippen molar-refractivity contribution in [2.24, 2.45) is 14.1 Å². The third-order valence-electron chi connectivity index (χ3n) is 5.33. The van der Waals surface area contributed by atoms with Gasteiger partial charge in [0.1, 0.15) is 11.6 Å². The minimum Gasteiger partial charge on any atom is -0.351 e. The Bertz CT molecular complexity index is 1490. The van der Waals surface area contributed by atoms with Crippen molar-refractivity contribution in [1.29, 1.82) is 0 Å². The van der Waals surface area contributed by atoms with E-state index in [2.05, 4.69) is 10.3 Å². The fraction of sp³-hybridized carbons (Fsp3) is 0.217. The Balaban J connectivity index is 1.64. The molecular weight excluding hydrogens is 464 g/mol. The van der Waals surface area contributed by atoms with Crippen molar-refractivity contribution in [3.63, 3.8) is 0 Å². The zero-order chi connectivity index (χ0) is 24.4. The van der Waals surface area contributed by atoms with Crippen LogP contribution in [-0.4, -0.2) is 30.3 Å². The molecule has 0 spiro atoms. The lowest BCUT2D eigenvalue weighted by Crippen LogP contribution is -2.37. The van der Waals surface area contributed by atoms with Gasteiger partial charge in [-0.2, -0.15) is 0 Å². The van der Waals surface area contributed by atoms with Gasteiger partial charge >= 0.3 is 5.69 Å². The molecule has 2 aromatic heterocycles. The molecule has 0 aliphatic heterocycles. The highest BCUT2D eigenvalue weighted by molar-refractivity contribution is 7.99. The zero-order valence-corrected chi connectivity index (χ0v) is 19.2. The summed E-state index contributed by atoms with van der Waals surface area (Å²) in [5.74, 6) is -1.14. The average molecular weight is 486 g/mol. The van der Waals surface area contributed by atoms with Gasteiger partial charge in [-0.25, -0.2) is 18.6 Å². The lowest BCUT2D eigenvalue weighted by Gasteiger charge is -2.10. The lowest BCUT2D eigenvalue weighted by atomic mass is 10.2. The quantitative estimate of drug-likeness (QED) is 0.405. The van der Waals surface area contributed by atoms with E-state index in [4.69, 9.17) is 0 Å². The molecule has 11 heteroatoms. The highest BCUT2D eigenvalue weighted by Gasteiger charge is 2.21. The van der Waals surface area contributed by atoms with Crippen LogP contribution in [0, 0.1) is 11.6 Å². The standard InChI is InChI=1S/C23H21F2N5O3S/c1-28-20-19(21(32)29(2)23(28)33)30(12-15-5-3-4-6-17(15)25)22(27-20)34-13-18(31)26-11-14-7-9-16(24)10-8-14/h3-10H,11-13H2,1-2H3,(H,26,31). The summed E-state index contributed by atoms with van der Waals surface area (Å²) in [4.78, 5) is 42.1. The van der Waals surface area contributed by atoms with Crippen molar-refractivity contribution in [3.8, 4) is 0 Å². The van der Waals surface area contributed by atoms with Crippen molar-refractivity contribution in [3.05, 3.63) is 92.1 Å². The van der Waals surface area contributed by atoms with Crippen LogP contribution in [0.2, 0.25) is 0 Å². The number of nitrogens with one attached hydrogen (secondary N) is 1. The van der Waals surface area contributed by atoms with Crippen molar-refractivity contribution >= 4 is 28.8 Å². The van der Waals surface area contributed by atoms with Gasteiger partial charge in [-0.1, -0.05) is 42.1 Å². The van der Waals surface area contributed by atoms with Gasteiger partial charge in [0, 0.05) is 26.2 Å². The van der Waals surface area contributed by atoms with Gasteiger partial charge in [0.2, 0.25) is 5.91 Å². The largest absolute Gasteiger partial charge is 0.351 e. The van der Waals surface area contributed by atoms with Crippen molar-refractivity contribution in [2.45, 2.75) is 18.2 Å². The molecule has 176 valence electrons. The summed E-state index contributed by atoms with van der Waals surface area (Å²) < 4.78 is 31.1. The van der Waals surface area contributed by atoms with Crippen molar-refractivity contribution < 1.29 is 13.6 Å². The summed E-state index contributed by atoms with van der Waals surface area (Å²) in [5.41, 5.74) is 0.266. The predicted octanol–water partition coefficient (Wildman–Crippen LogP) is 2.17. The van der Waals surface area contributed by atoms with Crippen LogP contribution in [0.5, 0.6) is 0 Å². The first kappa shape index (κ1) is 23.4. The molecule has 0 aliphatic carbocycles. The number of benzene rings is 2. The average Bonchev–Trinajstić information content (AvgIpc) is 3.19. The number of aryl methyl sites for hydroxylation is 1. The van der Waals surface area contributed by atoms with Crippen LogP contribution >= 0.6 is 11.8 Å². The first-order chi connectivity index (χ1) is 16.3. The highest BCUT2D eigenvalue weighted by Crippen LogP contribution is 2.23. The molecule has 0 saturated carbocycles. The zero-order valence-electron chi connectivity index (χ0n) is 18.4. The van der Waals surface area contributed by atoms with Crippen molar-refractivity contribution in [1.82, 2.24) is 24.0 Å². The summed E-state index contributed by atoms with van der Waals surface area (Å²) in [6.07, 6.45) is 0. The van der Waals surface area contributed by atoms with Crippen LogP contribution in [0.15, 0.2) is 63.3 Å². The molecule has 0 radical (unpaired) electrons. The molecule has 34 heavy (non-hydrogen) atoms. The minimum atomic E-state index is -0.561. The predicted molar refractivity (Wildman–Crippen MR) is 125 cm³/mol. The number of rotatable bonds is 7. The number of hydrogen-bond acceptors (Lipinski definition) is 5. The maximum atomic E-state index is 14.4. The Kier molecular flexibility index (Phi) is 6.64. The molecule has 0 atom stereocenters. The third-order valence-corrected chi connectivity index (χ3v) is 6.31. The smallest absolute Gasteiger partial charge is 0.332 e. The molecule has 2 aromatic carbocycles. The van der Waals surface area contributed by atoms with E-state index < -0.39 is 17.1 Å². The Morgan fingerprint density at radius 2 is 1.74 bits per heavy atom. The van der Waals surface area contributed by atoms with E-state index in [9.17, 15) is 23.2 Å². The van der Waals surface area contributed by atoms with Gasteiger partial charge in [0.05, 0.1) is 12.3 Å². The Morgan fingerprint density at radius 1 is 1.03 bits per heavy atom. The minimum absolute atomic E-state index is 0.00382. The van der Waals surface area contributed by atoms with Crippen LogP contribution in [0.1, 0.15) is 11.1 Å². The highest BCUT2D eigenvalue weighted by atomic mass is 32.2. The number of nitrogens with zero attached hydrogens (tertiary/aromatic N) is 4. The van der Waals surface area contributed by atoms with E-state index in [0.717, 1.165) is 21.9 Å². The van der Waals surface area contributed by atoms with Gasteiger partial charge in [-0.15, -0.1) is 0 Å². The van der Waals surface area contributed by atoms with E-state index in [0.29, 0.717) is 10.7 Å². The van der Waals surface area contributed by atoms with Crippen LogP contribution in [0.3, 0.4) is 0 Å². The van der Waals surface area contributed by atoms with Gasteiger partial charge in [0.25, 0.3) is 5.56 Å². The molecule has 0 unspecified atom stereocenters. The van der Waals surface area contributed by atoms with Crippen molar-refractivity contribution in [2.75, 3.05) is 5.75 Å². The molecule has 8 nitrogen and oxygen atoms in total. The SMILES string of the molecule is Cn1c(=O)c2c(nc(SCC(=O)NCc3ccc(F)cc3)n2Cc2ccccc2F)n(C)c1=O. The normalized spacial score (nSPS) is 11.2. The second kappa shape index (κ2) is 9.64. The molecule has 4 aromatic rings. The number of aromatic nitrogens is 4. The van der Waals surface area contributed by atoms with Gasteiger partial charge in [-0.3, -0.25) is 18.7 Å². The molecule has 4 rings (SSSR count). The second-order valence-corrected chi connectivity index (χ2v) is 8.58. The second-order valence-electron chi connectivity index (χ2n) is 7.64. The number of amides is 1. The Hall–Kier alpha value is -3.73. The maximum Gasteiger partial charge on any atom is 0.332 e. The molecule has 0 saturated heterocycles. The Labute approximate surface area is 196 Å². The molecule has 1 amide bonds. The third kappa shape index (κ3) is 4.65. The number of imidazole rings is 1. The van der Waals surface area contributed by atoms with Crippen LogP contribution in [0.25, 0.3) is 11.2 Å². The molecule has 0 bridgehead atoms. The first-order valence-corrected chi connectivity index (χ1v) is 11.3. The molecule has 0 fully saturated rings. The number of halogens is 2. The molecule has 2 heterocycles. The van der Waals surface area contributed by atoms with Gasteiger partial charge < -0.3 is 9.88 Å². The number of fused-ring (bicyclic) bond motifs is 1. The van der Waals surface area contributed by atoms with Crippen LogP contribution in [-0.2, 0) is 32.0 Å². The summed E-state index contributed by atoms with van der Waals surface area (Å²) in [6, 6.07) is 11.9. The van der Waals surface area contributed by atoms with E-state index in [-0.39, 0.29) is 41.7 Å². The van der Waals surface area contributed by atoms with Gasteiger partial charge in [-0.05, 0) is 23.8 Å². The number of hydrogen-bond donors (Lipinski definition) is 1. The Morgan fingerprint density at radius 3 is 2.44 bits per heavy atom. The molecular formula is C23H21F2N5O3S. The first-order valence-electron chi connectivity index (χ1n) is 10.3. The summed E-state index contributed by atoms with van der Waals surface area (Å²) in [5, 5.41) is 3.04. The monoisotopic (exact) mass is 485 g/mol. The number of carbonyl (C=O) groups is 1. The summed E-state index contributed by atoms with van der Waals surface area (Å²) >= 11 is 1.07. The van der Waals surface area contributed by atoms with Crippen LogP contribution < -0.4 is 16.6 Å². The maximum absolute atomic E-state index is 14.4. The van der Waals surface area contributed by atoms with E-state index in [1.807, 2.05) is 0 Å². The fourth-order valence-electron chi connectivity index (χ4n) is 3.46. The summed E-state index contributed by atoms with van der Waals surface area (Å²) in [7, 11) is 2.86. The lowest BCUT2D eigenvalue weighted by molar-refractivity contribution is -0.118. The van der Waals surface area contributed by atoms with E-state index >= 15 is 0 Å².